The van der Waals surface area contributed by atoms with Crippen molar-refractivity contribution in [3.63, 3.8) is 0 Å². The van der Waals surface area contributed by atoms with Crippen molar-refractivity contribution in [1.82, 2.24) is 9.97 Å². The fourth-order valence-corrected chi connectivity index (χ4v) is 9.48. The maximum Gasteiger partial charge on any atom is 0.135 e. The summed E-state index contributed by atoms with van der Waals surface area (Å²) >= 11 is 0. The SMILES string of the molecule is CC1(C)c2cc(-c3ccc(-c4cccc(-c5ccc6oc7ccccc7c6c5)c4)cc3)ccc2-c2ccc(-c3cnc4c5ccccc5c5ccccc5c4n3)cc21. The van der Waals surface area contributed by atoms with Gasteiger partial charge in [-0.15, -0.1) is 0 Å². The Hall–Kier alpha value is -7.36. The molecule has 0 radical (unpaired) electrons. The van der Waals surface area contributed by atoms with Crippen LogP contribution in [0.4, 0.5) is 0 Å². The number of benzene rings is 9. The van der Waals surface area contributed by atoms with E-state index in [0.29, 0.717) is 0 Å². The summed E-state index contributed by atoms with van der Waals surface area (Å²) in [6.07, 6.45) is 1.94. The van der Waals surface area contributed by atoms with Crippen LogP contribution in [-0.2, 0) is 5.41 Å². The number of furan rings is 1. The molecule has 9 aromatic carbocycles. The molecule has 0 N–H and O–H groups in total. The molecule has 0 spiro atoms. The minimum Gasteiger partial charge on any atom is -0.456 e. The highest BCUT2D eigenvalue weighted by atomic mass is 16.3. The molecule has 3 nitrogen and oxygen atoms in total. The first kappa shape index (κ1) is 32.8. The fraction of sp³-hybridized carbons (Fsp3) is 0.0545. The Morgan fingerprint density at radius 2 is 0.879 bits per heavy atom. The van der Waals surface area contributed by atoms with Gasteiger partial charge in [0, 0.05) is 32.5 Å². The van der Waals surface area contributed by atoms with Crippen molar-refractivity contribution in [3.05, 3.63) is 193 Å². The highest BCUT2D eigenvalue weighted by molar-refractivity contribution is 6.23. The van der Waals surface area contributed by atoms with E-state index in [2.05, 4.69) is 178 Å². The molecule has 0 aliphatic heterocycles. The first-order valence-electron chi connectivity index (χ1n) is 20.0. The van der Waals surface area contributed by atoms with Gasteiger partial charge in [0.2, 0.25) is 0 Å². The van der Waals surface area contributed by atoms with E-state index in [4.69, 9.17) is 14.4 Å². The largest absolute Gasteiger partial charge is 0.456 e. The molecule has 0 saturated carbocycles. The van der Waals surface area contributed by atoms with Gasteiger partial charge in [-0.1, -0.05) is 153 Å². The zero-order valence-electron chi connectivity index (χ0n) is 32.1. The standard InChI is InChI=1S/C55H36N2O/c1-55(2)48-30-38(34-20-18-33(19-21-34)35-10-9-11-36(28-35)37-24-27-52-47(29-37)44-14-7-8-17-51(44)58-52)22-25-42(48)43-26-23-39(31-49(43)55)50-32-56-53-45-15-5-3-12-40(45)41-13-4-6-16-46(41)54(53)57-50/h3-32H,1-2H3. The molecule has 12 rings (SSSR count). The summed E-state index contributed by atoms with van der Waals surface area (Å²) in [5.74, 6) is 0. The van der Waals surface area contributed by atoms with E-state index in [1.807, 2.05) is 18.3 Å². The van der Waals surface area contributed by atoms with Crippen LogP contribution in [0.2, 0.25) is 0 Å². The van der Waals surface area contributed by atoms with E-state index in [0.717, 1.165) is 55.0 Å². The van der Waals surface area contributed by atoms with Gasteiger partial charge in [-0.25, -0.2) is 4.98 Å². The van der Waals surface area contributed by atoms with Crippen LogP contribution in [0.1, 0.15) is 25.0 Å². The Morgan fingerprint density at radius 1 is 0.379 bits per heavy atom. The Kier molecular flexibility index (Phi) is 6.98. The lowest BCUT2D eigenvalue weighted by Gasteiger charge is -2.22. The van der Waals surface area contributed by atoms with E-state index >= 15 is 0 Å². The molecular weight excluding hydrogens is 705 g/mol. The third kappa shape index (κ3) is 4.93. The van der Waals surface area contributed by atoms with E-state index < -0.39 is 0 Å². The summed E-state index contributed by atoms with van der Waals surface area (Å²) in [5.41, 5.74) is 17.9. The summed E-state index contributed by atoms with van der Waals surface area (Å²) in [6, 6.07) is 63.4. The number of nitrogens with zero attached hydrogens (tertiary/aromatic N) is 2. The van der Waals surface area contributed by atoms with Gasteiger partial charge in [0.15, 0.2) is 0 Å². The number of hydrogen-bond donors (Lipinski definition) is 0. The molecule has 0 atom stereocenters. The zero-order valence-corrected chi connectivity index (χ0v) is 32.1. The van der Waals surface area contributed by atoms with Crippen LogP contribution < -0.4 is 0 Å². The van der Waals surface area contributed by atoms with Crippen molar-refractivity contribution in [2.45, 2.75) is 19.3 Å². The molecule has 1 aliphatic rings. The molecule has 0 fully saturated rings. The van der Waals surface area contributed by atoms with Gasteiger partial charge in [-0.3, -0.25) is 4.98 Å². The van der Waals surface area contributed by atoms with Crippen LogP contribution in [0.5, 0.6) is 0 Å². The lowest BCUT2D eigenvalue weighted by atomic mass is 9.81. The van der Waals surface area contributed by atoms with Gasteiger partial charge in [-0.05, 0) is 103 Å². The molecule has 0 amide bonds. The molecule has 1 aliphatic carbocycles. The highest BCUT2D eigenvalue weighted by Gasteiger charge is 2.36. The van der Waals surface area contributed by atoms with Gasteiger partial charge in [-0.2, -0.15) is 0 Å². The summed E-state index contributed by atoms with van der Waals surface area (Å²) in [5, 5.41) is 6.97. The number of rotatable bonds is 4. The Bertz CT molecular complexity index is 3450. The summed E-state index contributed by atoms with van der Waals surface area (Å²) in [7, 11) is 0. The van der Waals surface area contributed by atoms with Crippen molar-refractivity contribution >= 4 is 54.5 Å². The normalized spacial score (nSPS) is 13.1. The van der Waals surface area contributed by atoms with Crippen LogP contribution in [0.15, 0.2) is 187 Å². The third-order valence-corrected chi connectivity index (χ3v) is 12.5. The first-order chi connectivity index (χ1) is 28.5. The Morgan fingerprint density at radius 3 is 1.59 bits per heavy atom. The molecular formula is C55H36N2O. The van der Waals surface area contributed by atoms with Gasteiger partial charge in [0.1, 0.15) is 11.2 Å². The lowest BCUT2D eigenvalue weighted by Crippen LogP contribution is -2.15. The molecule has 0 saturated heterocycles. The minimum atomic E-state index is -0.185. The van der Waals surface area contributed by atoms with Crippen molar-refractivity contribution in [3.8, 4) is 55.8 Å². The van der Waals surface area contributed by atoms with E-state index in [9.17, 15) is 0 Å². The number of fused-ring (bicyclic) bond motifs is 12. The second-order valence-corrected chi connectivity index (χ2v) is 16.2. The summed E-state index contributed by atoms with van der Waals surface area (Å²) < 4.78 is 6.09. The third-order valence-electron chi connectivity index (χ3n) is 12.5. The van der Waals surface area contributed by atoms with Crippen molar-refractivity contribution in [1.29, 1.82) is 0 Å². The van der Waals surface area contributed by atoms with Gasteiger partial charge >= 0.3 is 0 Å². The summed E-state index contributed by atoms with van der Waals surface area (Å²) in [6.45, 7) is 4.69. The van der Waals surface area contributed by atoms with Gasteiger partial charge < -0.3 is 4.42 Å². The molecule has 2 heterocycles. The lowest BCUT2D eigenvalue weighted by molar-refractivity contribution is 0.661. The van der Waals surface area contributed by atoms with Gasteiger partial charge in [0.25, 0.3) is 0 Å². The van der Waals surface area contributed by atoms with E-state index in [1.165, 1.54) is 66.4 Å². The number of hydrogen-bond acceptors (Lipinski definition) is 3. The monoisotopic (exact) mass is 740 g/mol. The van der Waals surface area contributed by atoms with Crippen LogP contribution in [0, 0.1) is 0 Å². The van der Waals surface area contributed by atoms with E-state index in [1.54, 1.807) is 0 Å². The Balaban J connectivity index is 0.856. The van der Waals surface area contributed by atoms with Crippen LogP contribution in [0.25, 0.3) is 110 Å². The first-order valence-corrected chi connectivity index (χ1v) is 20.0. The van der Waals surface area contributed by atoms with Crippen molar-refractivity contribution < 1.29 is 4.42 Å². The Labute approximate surface area is 335 Å². The molecule has 3 heteroatoms. The predicted octanol–water partition coefficient (Wildman–Crippen LogP) is 14.8. The van der Waals surface area contributed by atoms with Crippen LogP contribution in [-0.4, -0.2) is 9.97 Å². The molecule has 0 unspecified atom stereocenters. The van der Waals surface area contributed by atoms with E-state index in [-0.39, 0.29) is 5.41 Å². The number of aromatic nitrogens is 2. The van der Waals surface area contributed by atoms with Gasteiger partial charge in [0.05, 0.1) is 22.9 Å². The minimum absolute atomic E-state index is 0.185. The zero-order chi connectivity index (χ0) is 38.5. The molecule has 2 aromatic heterocycles. The summed E-state index contributed by atoms with van der Waals surface area (Å²) in [4.78, 5) is 10.3. The maximum atomic E-state index is 6.09. The smallest absolute Gasteiger partial charge is 0.135 e. The molecule has 0 bridgehead atoms. The van der Waals surface area contributed by atoms with Crippen molar-refractivity contribution in [2.75, 3.05) is 0 Å². The average molecular weight is 741 g/mol. The quantitative estimate of drug-likeness (QED) is 0.169. The van der Waals surface area contributed by atoms with Crippen LogP contribution >= 0.6 is 0 Å². The maximum absolute atomic E-state index is 6.09. The molecule has 272 valence electrons. The second kappa shape index (κ2) is 12.3. The average Bonchev–Trinajstić information content (AvgIpc) is 3.77. The number of para-hydroxylation sites is 1. The molecule has 11 aromatic rings. The second-order valence-electron chi connectivity index (χ2n) is 16.2. The predicted molar refractivity (Wildman–Crippen MR) is 241 cm³/mol. The fourth-order valence-electron chi connectivity index (χ4n) is 9.48. The molecule has 58 heavy (non-hydrogen) atoms. The van der Waals surface area contributed by atoms with Crippen LogP contribution in [0.3, 0.4) is 0 Å². The highest BCUT2D eigenvalue weighted by Crippen LogP contribution is 2.51. The topological polar surface area (TPSA) is 38.9 Å². The van der Waals surface area contributed by atoms with Crippen molar-refractivity contribution in [2.24, 2.45) is 0 Å².